The molecule has 0 aliphatic heterocycles. The Labute approximate surface area is 186 Å². The summed E-state index contributed by atoms with van der Waals surface area (Å²) in [5, 5.41) is 8.41. The maximum atomic E-state index is 14.6. The Morgan fingerprint density at radius 2 is 1.79 bits per heavy atom. The number of hydrogen-bond acceptors (Lipinski definition) is 5. The number of benzene rings is 2. The van der Waals surface area contributed by atoms with Gasteiger partial charge in [-0.2, -0.15) is 13.2 Å². The molecular weight excluding hydrogens is 476 g/mol. The Hall–Kier alpha value is -3.80. The molecule has 1 aromatic heterocycles. The molecule has 3 aromatic rings. The summed E-state index contributed by atoms with van der Waals surface area (Å²) in [4.78, 5) is 35.4. The molecule has 0 fully saturated rings. The molecule has 0 unspecified atom stereocenters. The van der Waals surface area contributed by atoms with Gasteiger partial charge in [0.2, 0.25) is 0 Å². The lowest BCUT2D eigenvalue weighted by atomic mass is 10.2. The summed E-state index contributed by atoms with van der Waals surface area (Å²) in [6, 6.07) is 7.39. The molecular formula is C20H13ClF4N2O6. The molecule has 13 heteroatoms. The second-order valence-corrected chi connectivity index (χ2v) is 6.94. The van der Waals surface area contributed by atoms with Crippen molar-refractivity contribution in [3.63, 3.8) is 0 Å². The molecule has 0 spiro atoms. The van der Waals surface area contributed by atoms with Crippen LogP contribution in [0.25, 0.3) is 5.69 Å². The van der Waals surface area contributed by atoms with E-state index in [1.807, 2.05) is 0 Å². The van der Waals surface area contributed by atoms with Crippen molar-refractivity contribution < 1.29 is 36.9 Å². The highest BCUT2D eigenvalue weighted by atomic mass is 35.5. The first-order valence-electron chi connectivity index (χ1n) is 8.90. The Bertz CT molecular complexity index is 1350. The number of alkyl halides is 3. The van der Waals surface area contributed by atoms with E-state index in [2.05, 4.69) is 0 Å². The minimum absolute atomic E-state index is 0.0741. The van der Waals surface area contributed by atoms with Crippen molar-refractivity contribution >= 4 is 17.6 Å². The van der Waals surface area contributed by atoms with Crippen LogP contribution in [0.1, 0.15) is 5.69 Å². The summed E-state index contributed by atoms with van der Waals surface area (Å²) in [5.41, 5.74) is -5.04. The van der Waals surface area contributed by atoms with Gasteiger partial charge in [-0.05, 0) is 18.2 Å². The van der Waals surface area contributed by atoms with Crippen molar-refractivity contribution in [2.75, 3.05) is 6.61 Å². The lowest BCUT2D eigenvalue weighted by Crippen LogP contribution is -2.41. The minimum Gasteiger partial charge on any atom is -0.482 e. The molecule has 3 rings (SSSR count). The average Bonchev–Trinajstić information content (AvgIpc) is 2.72. The highest BCUT2D eigenvalue weighted by Crippen LogP contribution is 2.34. The summed E-state index contributed by atoms with van der Waals surface area (Å²) in [7, 11) is 0.787. The summed E-state index contributed by atoms with van der Waals surface area (Å²) >= 11 is 5.98. The Kier molecular flexibility index (Phi) is 6.49. The zero-order chi connectivity index (χ0) is 24.5. The predicted molar refractivity (Wildman–Crippen MR) is 107 cm³/mol. The molecule has 0 saturated carbocycles. The highest BCUT2D eigenvalue weighted by Gasteiger charge is 2.35. The number of nitrogens with zero attached hydrogens (tertiary/aromatic N) is 2. The van der Waals surface area contributed by atoms with Crippen LogP contribution in [0, 0.1) is 5.82 Å². The van der Waals surface area contributed by atoms with Gasteiger partial charge in [0.1, 0.15) is 28.8 Å². The van der Waals surface area contributed by atoms with Crippen molar-refractivity contribution in [2.45, 2.75) is 6.18 Å². The lowest BCUT2D eigenvalue weighted by molar-refractivity contribution is -0.144. The first-order valence-corrected chi connectivity index (χ1v) is 9.28. The number of halogens is 5. The van der Waals surface area contributed by atoms with Crippen LogP contribution in [0.5, 0.6) is 17.2 Å². The zero-order valence-electron chi connectivity index (χ0n) is 16.5. The molecule has 1 N–H and O–H groups in total. The van der Waals surface area contributed by atoms with Gasteiger partial charge >= 0.3 is 17.8 Å². The minimum atomic E-state index is -4.98. The molecule has 0 amide bonds. The topological polar surface area (TPSA) is 99.8 Å². The Morgan fingerprint density at radius 1 is 1.12 bits per heavy atom. The van der Waals surface area contributed by atoms with Crippen LogP contribution in [-0.4, -0.2) is 26.8 Å². The molecule has 0 radical (unpaired) electrons. The van der Waals surface area contributed by atoms with Gasteiger partial charge in [-0.15, -0.1) is 0 Å². The molecule has 33 heavy (non-hydrogen) atoms. The molecule has 0 aliphatic carbocycles. The van der Waals surface area contributed by atoms with E-state index in [1.54, 1.807) is 0 Å². The van der Waals surface area contributed by atoms with Crippen molar-refractivity contribution in [3.05, 3.63) is 79.8 Å². The number of carboxylic acids is 1. The Morgan fingerprint density at radius 3 is 2.42 bits per heavy atom. The summed E-state index contributed by atoms with van der Waals surface area (Å²) in [5.74, 6) is -2.41. The number of ether oxygens (including phenoxy) is 2. The number of rotatable bonds is 6. The van der Waals surface area contributed by atoms with Crippen molar-refractivity contribution in [2.24, 2.45) is 7.05 Å². The first-order chi connectivity index (χ1) is 15.4. The highest BCUT2D eigenvalue weighted by molar-refractivity contribution is 6.32. The van der Waals surface area contributed by atoms with Gasteiger partial charge in [-0.1, -0.05) is 17.7 Å². The van der Waals surface area contributed by atoms with Crippen LogP contribution >= 0.6 is 11.6 Å². The van der Waals surface area contributed by atoms with Gasteiger partial charge in [0.25, 0.3) is 5.56 Å². The van der Waals surface area contributed by atoms with Gasteiger partial charge in [0.15, 0.2) is 6.61 Å². The van der Waals surface area contributed by atoms with E-state index >= 15 is 0 Å². The normalized spacial score (nSPS) is 11.3. The second-order valence-electron chi connectivity index (χ2n) is 6.54. The van der Waals surface area contributed by atoms with Gasteiger partial charge in [-0.3, -0.25) is 9.36 Å². The van der Waals surface area contributed by atoms with Gasteiger partial charge in [-0.25, -0.2) is 18.5 Å². The van der Waals surface area contributed by atoms with Gasteiger partial charge in [0.05, 0.1) is 10.7 Å². The summed E-state index contributed by atoms with van der Waals surface area (Å²) < 4.78 is 64.7. The average molecular weight is 489 g/mol. The molecule has 0 saturated heterocycles. The number of hydrogen-bond donors (Lipinski definition) is 1. The van der Waals surface area contributed by atoms with Crippen LogP contribution in [0.3, 0.4) is 0 Å². The number of carbonyl (C=O) groups is 1. The summed E-state index contributed by atoms with van der Waals surface area (Å²) in [6.07, 6.45) is -4.98. The SMILES string of the molecule is Cn1c(C(F)(F)F)cc(=O)n(-c2cc(Oc3cccc(OCC(=O)O)c3)c(Cl)cc2F)c1=O. The zero-order valence-corrected chi connectivity index (χ0v) is 17.3. The van der Waals surface area contributed by atoms with Gasteiger partial charge in [0, 0.05) is 25.2 Å². The number of carboxylic acid groups (broad SMARTS) is 1. The van der Waals surface area contributed by atoms with E-state index in [-0.39, 0.29) is 37.5 Å². The second kappa shape index (κ2) is 8.98. The van der Waals surface area contributed by atoms with Crippen molar-refractivity contribution in [3.8, 4) is 22.9 Å². The van der Waals surface area contributed by atoms with Crippen LogP contribution in [0.15, 0.2) is 52.1 Å². The standard InChI is InChI=1S/C20H13ClF4N2O6/c1-26-16(20(23,24)25)8-17(28)27(19(26)31)14-7-15(12(21)6-13(14)22)33-11-4-2-3-10(5-11)32-9-18(29)30/h2-8H,9H2,1H3,(H,29,30). The quantitative estimate of drug-likeness (QED) is 0.532. The molecule has 8 nitrogen and oxygen atoms in total. The van der Waals surface area contributed by atoms with Crippen LogP contribution in [-0.2, 0) is 18.0 Å². The monoisotopic (exact) mass is 488 g/mol. The number of aromatic nitrogens is 2. The smallest absolute Gasteiger partial charge is 0.431 e. The van der Waals surface area contributed by atoms with Crippen molar-refractivity contribution in [1.82, 2.24) is 9.13 Å². The molecule has 0 aliphatic rings. The molecule has 1 heterocycles. The van der Waals surface area contributed by atoms with E-state index in [0.717, 1.165) is 19.2 Å². The fraction of sp³-hybridized carbons (Fsp3) is 0.150. The third-order valence-electron chi connectivity index (χ3n) is 4.25. The van der Waals surface area contributed by atoms with Crippen molar-refractivity contribution in [1.29, 1.82) is 0 Å². The summed E-state index contributed by atoms with van der Waals surface area (Å²) in [6.45, 7) is -0.620. The third kappa shape index (κ3) is 5.17. The molecule has 0 bridgehead atoms. The predicted octanol–water partition coefficient (Wildman–Crippen LogP) is 3.60. The van der Waals surface area contributed by atoms with Crippen LogP contribution < -0.4 is 20.7 Å². The van der Waals surface area contributed by atoms with Crippen LogP contribution in [0.2, 0.25) is 5.02 Å². The Balaban J connectivity index is 2.06. The van der Waals surface area contributed by atoms with Crippen LogP contribution in [0.4, 0.5) is 17.6 Å². The van der Waals surface area contributed by atoms with E-state index < -0.39 is 47.2 Å². The van der Waals surface area contributed by atoms with E-state index in [9.17, 15) is 31.9 Å². The third-order valence-corrected chi connectivity index (χ3v) is 4.54. The van der Waals surface area contributed by atoms with E-state index in [1.165, 1.54) is 24.3 Å². The molecule has 2 aromatic carbocycles. The molecule has 174 valence electrons. The fourth-order valence-electron chi connectivity index (χ4n) is 2.79. The maximum absolute atomic E-state index is 14.6. The van der Waals surface area contributed by atoms with Gasteiger partial charge < -0.3 is 14.6 Å². The fourth-order valence-corrected chi connectivity index (χ4v) is 2.98. The van der Waals surface area contributed by atoms with E-state index in [4.69, 9.17) is 26.2 Å². The first kappa shape index (κ1) is 23.9. The largest absolute Gasteiger partial charge is 0.482 e. The van der Waals surface area contributed by atoms with E-state index in [0.29, 0.717) is 0 Å². The maximum Gasteiger partial charge on any atom is 0.431 e. The lowest BCUT2D eigenvalue weighted by Gasteiger charge is -2.15. The molecule has 0 atom stereocenters. The number of aliphatic carboxylic acids is 1.